The molecule has 0 heterocycles. The summed E-state index contributed by atoms with van der Waals surface area (Å²) < 4.78 is 72.0. The topological polar surface area (TPSA) is 137 Å². The molecule has 0 saturated carbocycles. The van der Waals surface area contributed by atoms with Gasteiger partial charge in [0.15, 0.2) is 29.5 Å². The lowest BCUT2D eigenvalue weighted by Gasteiger charge is -2.32. The zero-order chi connectivity index (χ0) is 67.2. The largest absolute Gasteiger partial charge is 0.303 e. The van der Waals surface area contributed by atoms with Crippen molar-refractivity contribution in [2.45, 2.75) is 181 Å². The van der Waals surface area contributed by atoms with Crippen LogP contribution in [0.25, 0.3) is 0 Å². The van der Waals surface area contributed by atoms with Crippen LogP contribution in [0.5, 0.6) is 0 Å². The van der Waals surface area contributed by atoms with Crippen LogP contribution in [0.15, 0.2) is 211 Å². The second-order valence-corrected chi connectivity index (χ2v) is 31.4. The van der Waals surface area contributed by atoms with Gasteiger partial charge in [-0.3, -0.25) is 4.70 Å². The molecule has 93 heavy (non-hydrogen) atoms. The number of alkyl halides is 4. The average Bonchev–Trinajstić information content (AvgIpc) is 0.846. The SMILES string of the molecule is C.C.C.C.C/C(=C\CS(=O)(=O)C/C=C(\C)CCl)CCl.C/C(=C\CSC/C=C(\C)CCl)CCl.CC(C)=CCC/C(C)=C/C=C/C(C)=C/CS(=O)(=O)c1ccccc1.CC(C=O)C/C=C/CC(C)C=O.CC1=C(/C=C/C(C)=C/CS(=O)(=O)c2ccccc2)C(C)(C)CCC1.F.[2HH].[HH]. The maximum absolute atomic E-state index is 12.3. The molecule has 17 heteroatoms. The third kappa shape index (κ3) is 54.7. The van der Waals surface area contributed by atoms with Crippen molar-refractivity contribution in [2.75, 3.05) is 58.0 Å². The van der Waals surface area contributed by atoms with E-state index in [4.69, 9.17) is 46.4 Å². The predicted octanol–water partition coefficient (Wildman–Crippen LogP) is 23.2. The van der Waals surface area contributed by atoms with Crippen LogP contribution in [-0.4, -0.2) is 95.9 Å². The number of carbonyl (C=O) groups excluding carboxylic acids is 2. The molecule has 0 radical (unpaired) electrons. The van der Waals surface area contributed by atoms with Gasteiger partial charge in [0.05, 0.1) is 32.8 Å². The summed E-state index contributed by atoms with van der Waals surface area (Å²) in [6.45, 7) is 28.5. The van der Waals surface area contributed by atoms with E-state index in [-0.39, 0.29) is 77.5 Å². The Kier molecular flexibility index (Phi) is 65.3. The third-order valence-electron chi connectivity index (χ3n) is 13.3. The van der Waals surface area contributed by atoms with Crippen molar-refractivity contribution >= 4 is 100 Å². The van der Waals surface area contributed by atoms with Gasteiger partial charge in [0.25, 0.3) is 0 Å². The molecule has 0 amide bonds. The molecule has 0 saturated heterocycles. The molecule has 0 N–H and O–H groups in total. The Hall–Kier alpha value is -4.05. The van der Waals surface area contributed by atoms with Crippen molar-refractivity contribution < 1.29 is 42.4 Å². The number of benzene rings is 2. The van der Waals surface area contributed by atoms with Crippen molar-refractivity contribution in [1.29, 1.82) is 0 Å². The van der Waals surface area contributed by atoms with Gasteiger partial charge >= 0.3 is 0 Å². The number of sulfone groups is 3. The first kappa shape index (κ1) is 102. The summed E-state index contributed by atoms with van der Waals surface area (Å²) >= 11 is 24.2. The Morgan fingerprint density at radius 2 is 0.957 bits per heavy atom. The summed E-state index contributed by atoms with van der Waals surface area (Å²) in [5.41, 5.74) is 11.9. The number of carbonyl (C=O) groups is 2. The minimum Gasteiger partial charge on any atom is -0.303 e. The molecule has 0 fully saturated rings. The van der Waals surface area contributed by atoms with E-state index in [0.717, 1.165) is 78.5 Å². The summed E-state index contributed by atoms with van der Waals surface area (Å²) in [6, 6.07) is 17.2. The molecule has 2 aromatic carbocycles. The minimum atomic E-state index is -3.25. The first-order valence-corrected chi connectivity index (χ1v) is 38.2. The van der Waals surface area contributed by atoms with E-state index in [2.05, 4.69) is 71.9 Å². The van der Waals surface area contributed by atoms with E-state index >= 15 is 0 Å². The van der Waals surface area contributed by atoms with Crippen LogP contribution in [0.3, 0.4) is 0 Å². The summed E-state index contributed by atoms with van der Waals surface area (Å²) in [6.07, 6.45) is 36.7. The van der Waals surface area contributed by atoms with E-state index in [1.807, 2.05) is 110 Å². The highest BCUT2D eigenvalue weighted by atomic mass is 35.5. The predicted molar refractivity (Wildman–Crippen MR) is 422 cm³/mol. The Morgan fingerprint density at radius 3 is 1.32 bits per heavy atom. The zero-order valence-corrected chi connectivity index (χ0v) is 61.8. The van der Waals surface area contributed by atoms with Crippen LogP contribution in [0, 0.1) is 17.3 Å². The number of rotatable bonds is 31. The third-order valence-corrected chi connectivity index (χ3v) is 20.3. The van der Waals surface area contributed by atoms with E-state index < -0.39 is 29.5 Å². The molecule has 8 nitrogen and oxygen atoms in total. The van der Waals surface area contributed by atoms with E-state index in [1.165, 1.54) is 46.3 Å². The Bertz CT molecular complexity index is 3040. The molecule has 0 spiro atoms. The smallest absolute Gasteiger partial charge is 0.181 e. The Labute approximate surface area is 596 Å². The van der Waals surface area contributed by atoms with Gasteiger partial charge in [-0.05, 0) is 149 Å². The van der Waals surface area contributed by atoms with Crippen LogP contribution in [0.2, 0.25) is 0 Å². The van der Waals surface area contributed by atoms with Crippen molar-refractivity contribution in [2.24, 2.45) is 17.3 Å². The summed E-state index contributed by atoms with van der Waals surface area (Å²) in [5, 5.41) is 0. The van der Waals surface area contributed by atoms with E-state index in [0.29, 0.717) is 33.3 Å². The quantitative estimate of drug-likeness (QED) is 0.0238. The molecule has 1 aliphatic rings. The van der Waals surface area contributed by atoms with Gasteiger partial charge < -0.3 is 9.59 Å². The van der Waals surface area contributed by atoms with Gasteiger partial charge in [-0.2, -0.15) is 11.8 Å². The fourth-order valence-electron chi connectivity index (χ4n) is 7.36. The molecular formula is C76H125Cl4FO8S4. The van der Waals surface area contributed by atoms with Gasteiger partial charge in [-0.1, -0.05) is 229 Å². The van der Waals surface area contributed by atoms with Gasteiger partial charge in [0.2, 0.25) is 0 Å². The summed E-state index contributed by atoms with van der Waals surface area (Å²) in [7, 11) is -9.57. The van der Waals surface area contributed by atoms with Gasteiger partial charge in [-0.15, -0.1) is 46.4 Å². The number of halogens is 5. The van der Waals surface area contributed by atoms with Gasteiger partial charge in [-0.25, -0.2) is 25.3 Å². The molecule has 0 aromatic heterocycles. The van der Waals surface area contributed by atoms with Crippen molar-refractivity contribution in [1.82, 2.24) is 0 Å². The molecule has 2 unspecified atom stereocenters. The number of hydrogen-bond acceptors (Lipinski definition) is 9. The fraction of sp³-hybridized carbons (Fsp3) is 0.500. The van der Waals surface area contributed by atoms with Crippen molar-refractivity contribution in [3.8, 4) is 0 Å². The average molecular weight is 1460 g/mol. The molecule has 3 rings (SSSR count). The Balaban J connectivity index is -0.000000141. The normalized spacial score (nSPS) is 14.6. The van der Waals surface area contributed by atoms with Gasteiger partial charge in [0.1, 0.15) is 12.6 Å². The molecule has 2 atom stereocenters. The van der Waals surface area contributed by atoms with Crippen molar-refractivity contribution in [3.63, 3.8) is 0 Å². The number of aldehydes is 2. The second kappa shape index (κ2) is 59.2. The first-order chi connectivity index (χ1) is 41.3. The first-order valence-electron chi connectivity index (χ1n) is 29.8. The number of allylic oxidation sites excluding steroid dienone is 18. The maximum Gasteiger partial charge on any atom is 0.181 e. The minimum absolute atomic E-state index is 0. The number of hydrogen-bond donors (Lipinski definition) is 0. The monoisotopic (exact) mass is 1450 g/mol. The lowest BCUT2D eigenvalue weighted by atomic mass is 9.72. The Morgan fingerprint density at radius 1 is 0.570 bits per heavy atom. The maximum atomic E-state index is 12.3. The van der Waals surface area contributed by atoms with Crippen LogP contribution in [0.1, 0.15) is 174 Å². The highest BCUT2D eigenvalue weighted by molar-refractivity contribution is 7.99. The lowest BCUT2D eigenvalue weighted by molar-refractivity contribution is -0.111. The summed E-state index contributed by atoms with van der Waals surface area (Å²) in [5.74, 6) is 4.39. The molecule has 536 valence electrons. The van der Waals surface area contributed by atoms with Crippen LogP contribution in [0.4, 0.5) is 4.70 Å². The molecule has 2 aromatic rings. The highest BCUT2D eigenvalue weighted by Gasteiger charge is 2.26. The zero-order valence-electron chi connectivity index (χ0n) is 55.5. The molecule has 1 aliphatic carbocycles. The van der Waals surface area contributed by atoms with Crippen LogP contribution < -0.4 is 0 Å². The van der Waals surface area contributed by atoms with Crippen molar-refractivity contribution in [3.05, 3.63) is 201 Å². The van der Waals surface area contributed by atoms with E-state index in [9.17, 15) is 34.8 Å². The highest BCUT2D eigenvalue weighted by Crippen LogP contribution is 2.41. The second-order valence-electron chi connectivity index (χ2n) is 23.1. The molecule has 0 aliphatic heterocycles. The van der Waals surface area contributed by atoms with Gasteiger partial charge in [0, 0.05) is 49.7 Å². The van der Waals surface area contributed by atoms with Crippen LogP contribution in [-0.2, 0) is 39.1 Å². The van der Waals surface area contributed by atoms with E-state index in [1.54, 1.807) is 72.8 Å². The van der Waals surface area contributed by atoms with Crippen LogP contribution >= 0.6 is 58.2 Å². The molecular weight excluding hydrogens is 1330 g/mol. The number of thioether (sulfide) groups is 1. The summed E-state index contributed by atoms with van der Waals surface area (Å²) in [4.78, 5) is 21.1. The standard InChI is InChI=1S/2C21H28O2S.C10H16Cl2O2S.C10H16Cl2S.C10H16O2.4CH4.FH.2H2/c1-17(12-13-20-18(2)9-8-15-21(20,3)4)14-16-24(22,23)19-10-6-5-7-11-19;1-18(2)10-8-11-19(3)12-9-13-20(4)16-17-24(22,23)21-14-6-5-7-15-21;1-9(7-11)3-5-15(13,14)6-4-10(2)8-12;1-9(7-11)3-5-13-6-4-10(2)8-12;1-9(7-11)5-3-4-6-10(2)8-12;;;;;;;/h5-7,10-14H,8-9,15-16H2,1-4H3;5-7,9-10,12-16H,8,11,17H2,1-4H3;3-4H,5-8H2,1-2H3;3-4H,5-8H2,1-2H3;3-4,7-10H,5-6H2,1-2H3;4*1H4;3*1H/b13-12+,17-14+;13-9+,19-12+,20-16+;2*9-3+,10-4+;4-3+;;;;;;;/i;;;;;;;;;;1+1;. The lowest BCUT2D eigenvalue weighted by Crippen LogP contribution is -2.19. The fourth-order valence-corrected chi connectivity index (χ4v) is 12.4. The molecule has 0 bridgehead atoms.